The van der Waals surface area contributed by atoms with Crippen LogP contribution in [-0.4, -0.2) is 16.8 Å². The van der Waals surface area contributed by atoms with E-state index < -0.39 is 30.6 Å². The first-order valence-electron chi connectivity index (χ1n) is 4.32. The molecule has 0 amide bonds. The zero-order chi connectivity index (χ0) is 12.3. The van der Waals surface area contributed by atoms with Gasteiger partial charge in [0.1, 0.15) is 0 Å². The Morgan fingerprint density at radius 1 is 0.867 bits per heavy atom. The topological polar surface area (TPSA) is 0 Å². The van der Waals surface area contributed by atoms with Crippen molar-refractivity contribution < 1.29 is 26.3 Å². The zero-order valence-electron chi connectivity index (χ0n) is 7.97. The largest absolute Gasteiger partial charge is 0.403 e. The molecule has 0 heterocycles. The van der Waals surface area contributed by atoms with Crippen LogP contribution in [0.4, 0.5) is 26.3 Å². The molecule has 0 aromatic carbocycles. The fourth-order valence-electron chi connectivity index (χ4n) is 1.44. The molecule has 15 heavy (non-hydrogen) atoms. The molecule has 0 bridgehead atoms. The first kappa shape index (κ1) is 15.3. The van der Waals surface area contributed by atoms with E-state index in [1.165, 1.54) is 29.5 Å². The molecule has 0 aromatic heterocycles. The molecular weight excluding hydrogens is 337 g/mol. The maximum atomic E-state index is 12.5. The van der Waals surface area contributed by atoms with Gasteiger partial charge in [-0.05, 0) is 12.8 Å². The molecule has 0 atom stereocenters. The van der Waals surface area contributed by atoms with Crippen molar-refractivity contribution in [3.8, 4) is 0 Å². The average molecular weight is 348 g/mol. The van der Waals surface area contributed by atoms with Gasteiger partial charge in [0, 0.05) is 4.43 Å². The Morgan fingerprint density at radius 2 is 1.27 bits per heavy atom. The first-order chi connectivity index (χ1) is 6.62. The number of alkyl halides is 7. The van der Waals surface area contributed by atoms with Crippen molar-refractivity contribution >= 4 is 22.6 Å². The third kappa shape index (κ3) is 3.13. The molecule has 0 unspecified atom stereocenters. The van der Waals surface area contributed by atoms with E-state index in [0.29, 0.717) is 0 Å². The van der Waals surface area contributed by atoms with Crippen LogP contribution >= 0.6 is 22.6 Å². The molecule has 0 aliphatic rings. The van der Waals surface area contributed by atoms with Gasteiger partial charge in [0.25, 0.3) is 0 Å². The molecular formula is C8H11F6I. The monoisotopic (exact) mass is 348 g/mol. The average Bonchev–Trinajstić information content (AvgIpc) is 1.99. The fraction of sp³-hybridized carbons (Fsp3) is 1.00. The molecule has 0 aromatic rings. The Hall–Kier alpha value is 0.310. The van der Waals surface area contributed by atoms with Gasteiger partial charge in [0.2, 0.25) is 0 Å². The van der Waals surface area contributed by atoms with Crippen LogP contribution in [-0.2, 0) is 0 Å². The summed E-state index contributed by atoms with van der Waals surface area (Å²) < 4.78 is 75.0. The van der Waals surface area contributed by atoms with Crippen LogP contribution in [0.15, 0.2) is 0 Å². The van der Waals surface area contributed by atoms with E-state index >= 15 is 0 Å². The smallest absolute Gasteiger partial charge is 0.170 e. The Kier molecular flexibility index (Phi) is 5.20. The summed E-state index contributed by atoms with van der Waals surface area (Å²) in [5.74, 6) is 0. The van der Waals surface area contributed by atoms with Crippen LogP contribution < -0.4 is 0 Å². The van der Waals surface area contributed by atoms with Gasteiger partial charge in [0.15, 0.2) is 5.41 Å². The minimum atomic E-state index is -5.23. The molecule has 0 radical (unpaired) electrons. The van der Waals surface area contributed by atoms with Crippen molar-refractivity contribution in [1.82, 2.24) is 0 Å². The molecule has 0 saturated carbocycles. The third-order valence-electron chi connectivity index (χ3n) is 2.28. The Balaban J connectivity index is 5.28. The highest BCUT2D eigenvalue weighted by Gasteiger charge is 2.68. The lowest BCUT2D eigenvalue weighted by atomic mass is 9.79. The number of rotatable bonds is 4. The van der Waals surface area contributed by atoms with Crippen LogP contribution in [0.25, 0.3) is 0 Å². The minimum Gasteiger partial charge on any atom is -0.170 e. The predicted molar refractivity (Wildman–Crippen MR) is 53.0 cm³/mol. The van der Waals surface area contributed by atoms with Gasteiger partial charge in [-0.3, -0.25) is 0 Å². The summed E-state index contributed by atoms with van der Waals surface area (Å²) in [5, 5.41) is 0. The summed E-state index contributed by atoms with van der Waals surface area (Å²) in [7, 11) is 0. The van der Waals surface area contributed by atoms with Crippen LogP contribution in [0.5, 0.6) is 0 Å². The standard InChI is InChI=1S/C8H11F6I/c1-2-3-6(4-5-15,7(9,10)11)8(12,13)14/h2-5H2,1H3. The van der Waals surface area contributed by atoms with Crippen LogP contribution in [0, 0.1) is 5.41 Å². The Morgan fingerprint density at radius 3 is 1.47 bits per heavy atom. The quantitative estimate of drug-likeness (QED) is 0.392. The van der Waals surface area contributed by atoms with Crippen LogP contribution in [0.2, 0.25) is 0 Å². The van der Waals surface area contributed by atoms with E-state index in [1.807, 2.05) is 0 Å². The lowest BCUT2D eigenvalue weighted by Crippen LogP contribution is -2.50. The molecule has 0 aliphatic heterocycles. The van der Waals surface area contributed by atoms with E-state index in [1.54, 1.807) is 0 Å². The summed E-state index contributed by atoms with van der Waals surface area (Å²) in [5.41, 5.74) is -3.53. The fourth-order valence-corrected chi connectivity index (χ4v) is 2.36. The molecule has 7 heteroatoms. The second kappa shape index (κ2) is 5.09. The maximum Gasteiger partial charge on any atom is 0.403 e. The molecule has 92 valence electrons. The summed E-state index contributed by atoms with van der Waals surface area (Å²) in [6, 6.07) is 0. The number of hydrogen-bond acceptors (Lipinski definition) is 0. The molecule has 0 fully saturated rings. The minimum absolute atomic E-state index is 0.143. The molecule has 0 N–H and O–H groups in total. The van der Waals surface area contributed by atoms with Gasteiger partial charge < -0.3 is 0 Å². The van der Waals surface area contributed by atoms with Gasteiger partial charge in [-0.25, -0.2) is 0 Å². The normalized spacial score (nSPS) is 14.4. The number of hydrogen-bond donors (Lipinski definition) is 0. The van der Waals surface area contributed by atoms with E-state index in [-0.39, 0.29) is 10.8 Å². The van der Waals surface area contributed by atoms with E-state index in [0.717, 1.165) is 0 Å². The molecule has 0 nitrogen and oxygen atoms in total. The summed E-state index contributed by atoms with van der Waals surface area (Å²) in [4.78, 5) is 0. The summed E-state index contributed by atoms with van der Waals surface area (Å²) in [6.45, 7) is 1.32. The lowest BCUT2D eigenvalue weighted by molar-refractivity contribution is -0.344. The summed E-state index contributed by atoms with van der Waals surface area (Å²) in [6.07, 6.45) is -12.4. The van der Waals surface area contributed by atoms with Gasteiger partial charge in [-0.15, -0.1) is 0 Å². The highest BCUT2D eigenvalue weighted by Crippen LogP contribution is 2.55. The Bertz CT molecular complexity index is 172. The predicted octanol–water partition coefficient (Wildman–Crippen LogP) is 4.72. The van der Waals surface area contributed by atoms with E-state index in [2.05, 4.69) is 0 Å². The SMILES string of the molecule is CCCC(CCI)(C(F)(F)F)C(F)(F)F. The molecule has 0 rings (SSSR count). The van der Waals surface area contributed by atoms with Crippen molar-refractivity contribution in [2.24, 2.45) is 5.41 Å². The highest BCUT2D eigenvalue weighted by molar-refractivity contribution is 14.1. The maximum absolute atomic E-state index is 12.5. The zero-order valence-corrected chi connectivity index (χ0v) is 10.1. The van der Waals surface area contributed by atoms with Gasteiger partial charge >= 0.3 is 12.4 Å². The Labute approximate surface area is 97.5 Å². The number of halogens is 7. The lowest BCUT2D eigenvalue weighted by Gasteiger charge is -2.36. The van der Waals surface area contributed by atoms with Gasteiger partial charge in [0.05, 0.1) is 0 Å². The van der Waals surface area contributed by atoms with E-state index in [4.69, 9.17) is 0 Å². The van der Waals surface area contributed by atoms with Crippen molar-refractivity contribution in [3.63, 3.8) is 0 Å². The molecule has 0 saturated heterocycles. The van der Waals surface area contributed by atoms with Crippen molar-refractivity contribution in [3.05, 3.63) is 0 Å². The second-order valence-corrected chi connectivity index (χ2v) is 4.35. The van der Waals surface area contributed by atoms with Crippen molar-refractivity contribution in [2.45, 2.75) is 38.5 Å². The summed E-state index contributed by atoms with van der Waals surface area (Å²) >= 11 is 1.53. The van der Waals surface area contributed by atoms with E-state index in [9.17, 15) is 26.3 Å². The van der Waals surface area contributed by atoms with Crippen molar-refractivity contribution in [2.75, 3.05) is 4.43 Å². The molecule has 0 aliphatic carbocycles. The van der Waals surface area contributed by atoms with Crippen LogP contribution in [0.1, 0.15) is 26.2 Å². The molecule has 0 spiro atoms. The van der Waals surface area contributed by atoms with Crippen LogP contribution in [0.3, 0.4) is 0 Å². The third-order valence-corrected chi connectivity index (χ3v) is 2.82. The van der Waals surface area contributed by atoms with Gasteiger partial charge in [-0.2, -0.15) is 26.3 Å². The first-order valence-corrected chi connectivity index (χ1v) is 5.84. The highest BCUT2D eigenvalue weighted by atomic mass is 127. The second-order valence-electron chi connectivity index (χ2n) is 3.27. The van der Waals surface area contributed by atoms with Gasteiger partial charge in [-0.1, -0.05) is 35.9 Å². The van der Waals surface area contributed by atoms with Crippen molar-refractivity contribution in [1.29, 1.82) is 0 Å².